The lowest BCUT2D eigenvalue weighted by Crippen LogP contribution is -2.39. The van der Waals surface area contributed by atoms with Crippen molar-refractivity contribution >= 4 is 23.2 Å². The van der Waals surface area contributed by atoms with E-state index in [2.05, 4.69) is 24.3 Å². The Morgan fingerprint density at radius 2 is 1.33 bits per heavy atom. The number of alkyl halides is 2. The minimum absolute atomic E-state index is 0.200. The lowest BCUT2D eigenvalue weighted by atomic mass is 9.61. The van der Waals surface area contributed by atoms with E-state index >= 15 is 0 Å². The van der Waals surface area contributed by atoms with Gasteiger partial charge in [-0.2, -0.15) is 0 Å². The molecule has 1 aromatic rings. The molecule has 0 heterocycles. The highest BCUT2D eigenvalue weighted by atomic mass is 35.5. The van der Waals surface area contributed by atoms with Crippen molar-refractivity contribution in [3.63, 3.8) is 0 Å². The number of halogens is 2. The largest absolute Gasteiger partial charge is 0.121 e. The zero-order valence-corrected chi connectivity index (χ0v) is 9.75. The molecule has 0 spiro atoms. The van der Waals surface area contributed by atoms with Gasteiger partial charge in [-0.05, 0) is 41.2 Å². The lowest BCUT2D eigenvalue weighted by Gasteiger charge is -2.45. The summed E-state index contributed by atoms with van der Waals surface area (Å²) in [6.07, 6.45) is 1.24. The minimum atomic E-state index is 0.200. The molecule has 15 heavy (non-hydrogen) atoms. The number of benzene rings is 1. The van der Waals surface area contributed by atoms with Crippen molar-refractivity contribution in [3.8, 4) is 0 Å². The van der Waals surface area contributed by atoms with Crippen molar-refractivity contribution in [1.82, 2.24) is 0 Å². The summed E-state index contributed by atoms with van der Waals surface area (Å²) in [5.41, 5.74) is 3.09. The normalized spacial score (nSPS) is 49.7. The van der Waals surface area contributed by atoms with Gasteiger partial charge in [-0.1, -0.05) is 24.3 Å². The maximum absolute atomic E-state index is 6.39. The zero-order chi connectivity index (χ0) is 10.2. The van der Waals surface area contributed by atoms with E-state index in [1.165, 1.54) is 6.42 Å². The number of fused-ring (bicyclic) bond motifs is 8. The molecule has 2 fully saturated rings. The molecule has 2 bridgehead atoms. The van der Waals surface area contributed by atoms with Crippen molar-refractivity contribution in [2.75, 3.05) is 0 Å². The second kappa shape index (κ2) is 2.73. The van der Waals surface area contributed by atoms with Crippen LogP contribution in [0.4, 0.5) is 0 Å². The molecule has 4 rings (SSSR count). The Balaban J connectivity index is 1.84. The molecule has 0 radical (unpaired) electrons. The molecule has 6 unspecified atom stereocenters. The fourth-order valence-corrected chi connectivity index (χ4v) is 5.03. The predicted molar refractivity (Wildman–Crippen MR) is 62.8 cm³/mol. The second-order valence-corrected chi connectivity index (χ2v) is 6.14. The van der Waals surface area contributed by atoms with Crippen LogP contribution in [0.2, 0.25) is 0 Å². The van der Waals surface area contributed by atoms with Gasteiger partial charge in [0.25, 0.3) is 0 Å². The summed E-state index contributed by atoms with van der Waals surface area (Å²) in [7, 11) is 0. The number of hydrogen-bond acceptors (Lipinski definition) is 0. The highest BCUT2D eigenvalue weighted by molar-refractivity contribution is 6.31. The van der Waals surface area contributed by atoms with E-state index in [1.54, 1.807) is 11.1 Å². The Morgan fingerprint density at radius 1 is 0.867 bits per heavy atom. The second-order valence-electron chi connectivity index (χ2n) is 5.13. The van der Waals surface area contributed by atoms with Crippen LogP contribution in [-0.4, -0.2) is 10.8 Å². The molecule has 0 N–H and O–H groups in total. The molecule has 3 aliphatic carbocycles. The van der Waals surface area contributed by atoms with Gasteiger partial charge >= 0.3 is 0 Å². The SMILES string of the molecule is ClC1C(Cl)C2CC1C1c3ccccc3C21. The van der Waals surface area contributed by atoms with Crippen molar-refractivity contribution in [1.29, 1.82) is 0 Å². The van der Waals surface area contributed by atoms with E-state index in [0.717, 1.165) is 11.8 Å². The fraction of sp³-hybridized carbons (Fsp3) is 0.538. The zero-order valence-electron chi connectivity index (χ0n) is 8.24. The van der Waals surface area contributed by atoms with Crippen LogP contribution in [0.25, 0.3) is 0 Å². The maximum Gasteiger partial charge on any atom is 0.0537 e. The van der Waals surface area contributed by atoms with Gasteiger partial charge in [-0.3, -0.25) is 0 Å². The number of hydrogen-bond donors (Lipinski definition) is 0. The highest BCUT2D eigenvalue weighted by Gasteiger charge is 2.62. The molecule has 1 aromatic carbocycles. The Morgan fingerprint density at radius 3 is 1.80 bits per heavy atom. The quantitative estimate of drug-likeness (QED) is 0.605. The van der Waals surface area contributed by atoms with Crippen LogP contribution in [0.5, 0.6) is 0 Å². The smallest absolute Gasteiger partial charge is 0.0537 e. The predicted octanol–water partition coefficient (Wildman–Crippen LogP) is 3.73. The summed E-state index contributed by atoms with van der Waals surface area (Å²) < 4.78 is 0. The average molecular weight is 239 g/mol. The van der Waals surface area contributed by atoms with Crippen LogP contribution in [0.1, 0.15) is 29.4 Å². The summed E-state index contributed by atoms with van der Waals surface area (Å²) in [5, 5.41) is 0.401. The Bertz CT molecular complexity index is 389. The summed E-state index contributed by atoms with van der Waals surface area (Å²) in [4.78, 5) is 0. The molecule has 0 amide bonds. The summed E-state index contributed by atoms with van der Waals surface area (Å²) in [6.45, 7) is 0. The van der Waals surface area contributed by atoms with Crippen molar-refractivity contribution in [2.45, 2.75) is 29.0 Å². The molecule has 78 valence electrons. The molecular weight excluding hydrogens is 227 g/mol. The van der Waals surface area contributed by atoms with Gasteiger partial charge < -0.3 is 0 Å². The molecule has 0 aromatic heterocycles. The van der Waals surface area contributed by atoms with Gasteiger partial charge in [0.2, 0.25) is 0 Å². The minimum Gasteiger partial charge on any atom is -0.121 e. The van der Waals surface area contributed by atoms with Gasteiger partial charge in [0.1, 0.15) is 0 Å². The third-order valence-corrected chi connectivity index (χ3v) is 6.01. The molecule has 0 nitrogen and oxygen atoms in total. The third-order valence-electron chi connectivity index (χ3n) is 4.69. The van der Waals surface area contributed by atoms with E-state index in [0.29, 0.717) is 11.8 Å². The maximum atomic E-state index is 6.39. The highest BCUT2D eigenvalue weighted by Crippen LogP contribution is 2.69. The first-order valence-electron chi connectivity index (χ1n) is 5.66. The first kappa shape index (κ1) is 8.90. The first-order chi connectivity index (χ1) is 7.29. The molecular formula is C13H12Cl2. The third kappa shape index (κ3) is 0.877. The Labute approximate surface area is 99.6 Å². The lowest BCUT2D eigenvalue weighted by molar-refractivity contribution is 0.332. The van der Waals surface area contributed by atoms with E-state index in [1.807, 2.05) is 0 Å². The molecule has 3 aliphatic rings. The summed E-state index contributed by atoms with van der Waals surface area (Å²) >= 11 is 12.8. The van der Waals surface area contributed by atoms with Crippen LogP contribution in [-0.2, 0) is 0 Å². The molecule has 0 saturated heterocycles. The molecule has 0 aliphatic heterocycles. The average Bonchev–Trinajstić information content (AvgIpc) is 2.70. The fourth-order valence-electron chi connectivity index (χ4n) is 4.14. The topological polar surface area (TPSA) is 0 Å². The van der Waals surface area contributed by atoms with E-state index in [9.17, 15) is 0 Å². The molecule has 6 atom stereocenters. The van der Waals surface area contributed by atoms with Crippen molar-refractivity contribution in [2.24, 2.45) is 11.8 Å². The number of rotatable bonds is 0. The van der Waals surface area contributed by atoms with Gasteiger partial charge in [-0.25, -0.2) is 0 Å². The van der Waals surface area contributed by atoms with Gasteiger partial charge in [-0.15, -0.1) is 23.2 Å². The van der Waals surface area contributed by atoms with Gasteiger partial charge in [0, 0.05) is 0 Å². The van der Waals surface area contributed by atoms with Crippen LogP contribution >= 0.6 is 23.2 Å². The van der Waals surface area contributed by atoms with E-state index in [4.69, 9.17) is 23.2 Å². The van der Waals surface area contributed by atoms with E-state index < -0.39 is 0 Å². The van der Waals surface area contributed by atoms with Crippen LogP contribution in [0, 0.1) is 11.8 Å². The van der Waals surface area contributed by atoms with Gasteiger partial charge in [0.05, 0.1) is 10.8 Å². The molecule has 2 heteroatoms. The Hall–Kier alpha value is -0.200. The Kier molecular flexibility index (Phi) is 1.62. The first-order valence-corrected chi connectivity index (χ1v) is 6.53. The standard InChI is InChI=1S/C13H12Cl2/c14-12-8-5-9(13(12)15)11-7-4-2-1-3-6(7)10(8)11/h1-4,8-13H,5H2. The van der Waals surface area contributed by atoms with Crippen molar-refractivity contribution < 1.29 is 0 Å². The van der Waals surface area contributed by atoms with E-state index in [-0.39, 0.29) is 10.8 Å². The van der Waals surface area contributed by atoms with Crippen LogP contribution in [0.15, 0.2) is 24.3 Å². The summed E-state index contributed by atoms with van der Waals surface area (Å²) in [5.74, 6) is 2.73. The summed E-state index contributed by atoms with van der Waals surface area (Å²) in [6, 6.07) is 8.82. The van der Waals surface area contributed by atoms with Crippen LogP contribution in [0.3, 0.4) is 0 Å². The van der Waals surface area contributed by atoms with Crippen molar-refractivity contribution in [3.05, 3.63) is 35.4 Å². The molecule has 2 saturated carbocycles. The monoisotopic (exact) mass is 238 g/mol. The van der Waals surface area contributed by atoms with Crippen LogP contribution < -0.4 is 0 Å². The van der Waals surface area contributed by atoms with Gasteiger partial charge in [0.15, 0.2) is 0 Å².